The topological polar surface area (TPSA) is 53.0 Å². The molecule has 1 saturated heterocycles. The Labute approximate surface area is 263 Å². The highest BCUT2D eigenvalue weighted by Gasteiger charge is 2.41. The molecule has 1 atom stereocenters. The summed E-state index contributed by atoms with van der Waals surface area (Å²) in [6.07, 6.45) is 3.89. The first-order chi connectivity index (χ1) is 21.1. The Balaban J connectivity index is 1.06. The lowest BCUT2D eigenvalue weighted by Gasteiger charge is -2.39. The summed E-state index contributed by atoms with van der Waals surface area (Å²) in [5, 5.41) is 11.6. The summed E-state index contributed by atoms with van der Waals surface area (Å²) in [7, 11) is 0. The summed E-state index contributed by atoms with van der Waals surface area (Å²) in [4.78, 5) is 22.5. The SMILES string of the molecule is CSc1ccc2c(c1)C(N1CCN(CCCOC(=O)C(O)(c3ccccc3)c3ccccc3)CC1)Cc1ccccc1S2. The zero-order valence-corrected chi connectivity index (χ0v) is 26.2. The monoisotopic (exact) mass is 610 g/mol. The molecule has 6 rings (SSSR count). The maximum absolute atomic E-state index is 13.3. The van der Waals surface area contributed by atoms with Gasteiger partial charge < -0.3 is 14.7 Å². The van der Waals surface area contributed by atoms with Gasteiger partial charge >= 0.3 is 5.97 Å². The molecule has 0 amide bonds. The van der Waals surface area contributed by atoms with Crippen molar-refractivity contribution < 1.29 is 14.6 Å². The van der Waals surface area contributed by atoms with E-state index >= 15 is 0 Å². The molecule has 0 aromatic heterocycles. The number of ether oxygens (including phenoxy) is 1. The Morgan fingerprint density at radius 2 is 1.53 bits per heavy atom. The number of hydrogen-bond acceptors (Lipinski definition) is 7. The Morgan fingerprint density at radius 1 is 0.884 bits per heavy atom. The fourth-order valence-electron chi connectivity index (χ4n) is 6.16. The quantitative estimate of drug-likeness (QED) is 0.130. The van der Waals surface area contributed by atoms with Crippen molar-refractivity contribution in [3.8, 4) is 0 Å². The average Bonchev–Trinajstić information content (AvgIpc) is 3.23. The maximum Gasteiger partial charge on any atom is 0.347 e. The van der Waals surface area contributed by atoms with Crippen molar-refractivity contribution in [2.45, 2.75) is 39.2 Å². The van der Waals surface area contributed by atoms with Gasteiger partial charge in [-0.1, -0.05) is 90.6 Å². The molecular weight excluding hydrogens is 573 g/mol. The second kappa shape index (κ2) is 13.7. The number of benzene rings is 4. The molecule has 0 aliphatic carbocycles. The van der Waals surface area contributed by atoms with Gasteiger partial charge in [-0.15, -0.1) is 11.8 Å². The minimum Gasteiger partial charge on any atom is -0.463 e. The van der Waals surface area contributed by atoms with E-state index in [1.54, 1.807) is 36.0 Å². The van der Waals surface area contributed by atoms with Gasteiger partial charge in [-0.2, -0.15) is 0 Å². The van der Waals surface area contributed by atoms with E-state index < -0.39 is 11.6 Å². The smallest absolute Gasteiger partial charge is 0.347 e. The number of rotatable bonds is 9. The van der Waals surface area contributed by atoms with Gasteiger partial charge in [0.2, 0.25) is 5.60 Å². The van der Waals surface area contributed by atoms with Crippen LogP contribution in [0.1, 0.15) is 34.7 Å². The summed E-state index contributed by atoms with van der Waals surface area (Å²) >= 11 is 3.71. The maximum atomic E-state index is 13.3. The molecule has 5 nitrogen and oxygen atoms in total. The van der Waals surface area contributed by atoms with Crippen molar-refractivity contribution >= 4 is 29.5 Å². The van der Waals surface area contributed by atoms with Gasteiger partial charge in [0.15, 0.2) is 0 Å². The lowest BCUT2D eigenvalue weighted by Crippen LogP contribution is -2.48. The van der Waals surface area contributed by atoms with Crippen LogP contribution in [0.4, 0.5) is 0 Å². The fourth-order valence-corrected chi connectivity index (χ4v) is 7.72. The summed E-state index contributed by atoms with van der Waals surface area (Å²) in [6.45, 7) is 5.09. The first-order valence-electron chi connectivity index (χ1n) is 15.0. The molecule has 2 heterocycles. The highest BCUT2D eigenvalue weighted by atomic mass is 32.2. The van der Waals surface area contributed by atoms with Gasteiger partial charge in [-0.3, -0.25) is 4.90 Å². The van der Waals surface area contributed by atoms with Crippen LogP contribution in [0.15, 0.2) is 118 Å². The van der Waals surface area contributed by atoms with E-state index in [1.807, 2.05) is 48.2 Å². The summed E-state index contributed by atoms with van der Waals surface area (Å²) in [6, 6.07) is 34.2. The standard InChI is InChI=1S/C36H38N2O3S2/c1-42-30-17-18-34-31(26-30)32(25-27-11-8-9-16-33(27)43-34)38-22-20-37(21-23-38)19-10-24-41-35(39)36(40,28-12-4-2-5-13-28)29-14-6-3-7-15-29/h2-9,11-18,26,32,40H,10,19-25H2,1H3. The van der Waals surface area contributed by atoms with Gasteiger partial charge in [0.1, 0.15) is 0 Å². The zero-order valence-electron chi connectivity index (χ0n) is 24.5. The molecule has 1 N–H and O–H groups in total. The van der Waals surface area contributed by atoms with Crippen molar-refractivity contribution in [2.24, 2.45) is 0 Å². The number of nitrogens with zero attached hydrogens (tertiary/aromatic N) is 2. The second-order valence-corrected chi connectivity index (χ2v) is 13.1. The molecular formula is C36H38N2O3S2. The van der Waals surface area contributed by atoms with Crippen LogP contribution in [0, 0.1) is 0 Å². The van der Waals surface area contributed by atoms with Gasteiger partial charge in [0, 0.05) is 53.5 Å². The molecule has 0 bridgehead atoms. The molecule has 222 valence electrons. The highest BCUT2D eigenvalue weighted by Crippen LogP contribution is 2.44. The zero-order chi connectivity index (χ0) is 29.6. The van der Waals surface area contributed by atoms with Gasteiger partial charge in [-0.25, -0.2) is 4.79 Å². The van der Waals surface area contributed by atoms with E-state index in [1.165, 1.54) is 25.8 Å². The van der Waals surface area contributed by atoms with E-state index in [0.717, 1.165) is 45.6 Å². The normalized spacial score (nSPS) is 17.5. The average molecular weight is 611 g/mol. The fraction of sp³-hybridized carbons (Fsp3) is 0.306. The Bertz CT molecular complexity index is 1480. The number of esters is 1. The minimum absolute atomic E-state index is 0.266. The lowest BCUT2D eigenvalue weighted by molar-refractivity contribution is -0.162. The van der Waals surface area contributed by atoms with Crippen LogP contribution in [-0.4, -0.2) is 66.5 Å². The van der Waals surface area contributed by atoms with Gasteiger partial charge in [0.25, 0.3) is 0 Å². The van der Waals surface area contributed by atoms with E-state index in [4.69, 9.17) is 4.74 Å². The summed E-state index contributed by atoms with van der Waals surface area (Å²) in [5.74, 6) is -0.635. The largest absolute Gasteiger partial charge is 0.463 e. The number of thioether (sulfide) groups is 1. The Morgan fingerprint density at radius 3 is 2.21 bits per heavy atom. The van der Waals surface area contributed by atoms with Crippen LogP contribution < -0.4 is 0 Å². The second-order valence-electron chi connectivity index (χ2n) is 11.1. The molecule has 1 fully saturated rings. The number of carbonyl (C=O) groups is 1. The molecule has 4 aromatic carbocycles. The van der Waals surface area contributed by atoms with E-state index in [2.05, 4.69) is 58.5 Å². The molecule has 0 saturated carbocycles. The van der Waals surface area contributed by atoms with Crippen LogP contribution in [-0.2, 0) is 21.6 Å². The van der Waals surface area contributed by atoms with Crippen molar-refractivity contribution in [2.75, 3.05) is 45.6 Å². The summed E-state index contributed by atoms with van der Waals surface area (Å²) < 4.78 is 5.70. The first kappa shape index (κ1) is 30.0. The molecule has 43 heavy (non-hydrogen) atoms. The molecule has 0 spiro atoms. The molecule has 0 radical (unpaired) electrons. The number of fused-ring (bicyclic) bond motifs is 2. The van der Waals surface area contributed by atoms with Crippen LogP contribution in [0.3, 0.4) is 0 Å². The first-order valence-corrected chi connectivity index (χ1v) is 17.0. The number of piperazine rings is 1. The highest BCUT2D eigenvalue weighted by molar-refractivity contribution is 7.99. The Hall–Kier alpha value is -3.07. The molecule has 7 heteroatoms. The third-order valence-electron chi connectivity index (χ3n) is 8.56. The third kappa shape index (κ3) is 6.56. The lowest BCUT2D eigenvalue weighted by atomic mass is 9.86. The Kier molecular flexibility index (Phi) is 9.55. The predicted octanol–water partition coefficient (Wildman–Crippen LogP) is 6.64. The van der Waals surface area contributed by atoms with Crippen LogP contribution in [0.5, 0.6) is 0 Å². The number of carbonyl (C=O) groups excluding carboxylic acids is 1. The molecule has 2 aliphatic rings. The minimum atomic E-state index is -1.84. The molecule has 1 unspecified atom stereocenters. The van der Waals surface area contributed by atoms with Crippen LogP contribution >= 0.6 is 23.5 Å². The van der Waals surface area contributed by atoms with Crippen molar-refractivity contribution in [1.82, 2.24) is 9.80 Å². The number of hydrogen-bond donors (Lipinski definition) is 1. The van der Waals surface area contributed by atoms with Crippen LogP contribution in [0.25, 0.3) is 0 Å². The number of aliphatic hydroxyl groups is 1. The van der Waals surface area contributed by atoms with Crippen LogP contribution in [0.2, 0.25) is 0 Å². The van der Waals surface area contributed by atoms with Gasteiger partial charge in [-0.05, 0) is 65.6 Å². The van der Waals surface area contributed by atoms with Crippen molar-refractivity contribution in [3.05, 3.63) is 125 Å². The third-order valence-corrected chi connectivity index (χ3v) is 10.5. The van der Waals surface area contributed by atoms with E-state index in [-0.39, 0.29) is 6.61 Å². The van der Waals surface area contributed by atoms with E-state index in [9.17, 15) is 9.90 Å². The molecule has 4 aromatic rings. The predicted molar refractivity (Wildman–Crippen MR) is 175 cm³/mol. The van der Waals surface area contributed by atoms with Crippen molar-refractivity contribution in [1.29, 1.82) is 0 Å². The summed E-state index contributed by atoms with van der Waals surface area (Å²) in [5.41, 5.74) is 2.05. The van der Waals surface area contributed by atoms with Gasteiger partial charge in [0.05, 0.1) is 6.61 Å². The van der Waals surface area contributed by atoms with Crippen molar-refractivity contribution in [3.63, 3.8) is 0 Å². The van der Waals surface area contributed by atoms with E-state index in [0.29, 0.717) is 17.2 Å². The molecule has 2 aliphatic heterocycles.